The molecule has 3 heteroatoms. The SMILES string of the molecule is CCc1ccc(CC(=O)C2(CN)CCC(C)CC2)s1. The van der Waals surface area contributed by atoms with Gasteiger partial charge in [-0.15, -0.1) is 11.3 Å². The van der Waals surface area contributed by atoms with Crippen LogP contribution in [0.25, 0.3) is 0 Å². The maximum Gasteiger partial charge on any atom is 0.145 e. The van der Waals surface area contributed by atoms with E-state index in [0.717, 1.165) is 38.0 Å². The summed E-state index contributed by atoms with van der Waals surface area (Å²) in [7, 11) is 0. The fourth-order valence-electron chi connectivity index (χ4n) is 2.96. The molecule has 0 radical (unpaired) electrons. The first-order valence-corrected chi connectivity index (χ1v) is 8.22. The molecule has 2 rings (SSSR count). The van der Waals surface area contributed by atoms with Crippen LogP contribution in [-0.2, 0) is 17.6 Å². The van der Waals surface area contributed by atoms with Crippen molar-refractivity contribution in [3.63, 3.8) is 0 Å². The Bertz CT molecular complexity index is 430. The number of thiophene rings is 1. The van der Waals surface area contributed by atoms with Crippen LogP contribution in [0.4, 0.5) is 0 Å². The van der Waals surface area contributed by atoms with Gasteiger partial charge in [0.1, 0.15) is 5.78 Å². The second-order valence-electron chi connectivity index (χ2n) is 5.99. The largest absolute Gasteiger partial charge is 0.329 e. The number of aryl methyl sites for hydroxylation is 1. The number of carbonyl (C=O) groups excluding carboxylic acids is 1. The lowest BCUT2D eigenvalue weighted by atomic mass is 9.67. The molecule has 1 aliphatic carbocycles. The number of Topliss-reactive ketones (excluding diaryl/α,β-unsaturated/α-hetero) is 1. The standard InChI is InChI=1S/C16H25NOS/c1-3-13-4-5-14(19-13)10-15(18)16(11-17)8-6-12(2)7-9-16/h4-5,12H,3,6-11,17H2,1-2H3. The molecule has 0 amide bonds. The van der Waals surface area contributed by atoms with E-state index in [2.05, 4.69) is 26.0 Å². The predicted octanol–water partition coefficient (Wildman–Crippen LogP) is 3.58. The highest BCUT2D eigenvalue weighted by Gasteiger charge is 2.39. The Balaban J connectivity index is 2.04. The fraction of sp³-hybridized carbons (Fsp3) is 0.688. The van der Waals surface area contributed by atoms with E-state index in [0.29, 0.717) is 18.7 Å². The average Bonchev–Trinajstić information content (AvgIpc) is 2.87. The molecule has 2 N–H and O–H groups in total. The number of hydrogen-bond acceptors (Lipinski definition) is 3. The molecule has 106 valence electrons. The topological polar surface area (TPSA) is 43.1 Å². The van der Waals surface area contributed by atoms with E-state index in [9.17, 15) is 4.79 Å². The quantitative estimate of drug-likeness (QED) is 0.895. The number of hydrogen-bond donors (Lipinski definition) is 1. The van der Waals surface area contributed by atoms with Crippen LogP contribution in [0, 0.1) is 11.3 Å². The van der Waals surface area contributed by atoms with Crippen molar-refractivity contribution in [3.05, 3.63) is 21.9 Å². The minimum atomic E-state index is -0.233. The summed E-state index contributed by atoms with van der Waals surface area (Å²) < 4.78 is 0. The van der Waals surface area contributed by atoms with Crippen molar-refractivity contribution < 1.29 is 4.79 Å². The Hall–Kier alpha value is -0.670. The number of ketones is 1. The Morgan fingerprint density at radius 2 is 2.00 bits per heavy atom. The van der Waals surface area contributed by atoms with Crippen molar-refractivity contribution in [1.29, 1.82) is 0 Å². The number of carbonyl (C=O) groups is 1. The maximum absolute atomic E-state index is 12.7. The zero-order valence-electron chi connectivity index (χ0n) is 12.1. The van der Waals surface area contributed by atoms with Crippen molar-refractivity contribution in [3.8, 4) is 0 Å². The third kappa shape index (κ3) is 3.26. The van der Waals surface area contributed by atoms with Gasteiger partial charge in [-0.3, -0.25) is 4.79 Å². The lowest BCUT2D eigenvalue weighted by Crippen LogP contribution is -2.42. The summed E-state index contributed by atoms with van der Waals surface area (Å²) in [6.45, 7) is 4.95. The molecule has 0 aromatic carbocycles. The maximum atomic E-state index is 12.7. The van der Waals surface area contributed by atoms with Crippen molar-refractivity contribution in [2.75, 3.05) is 6.54 Å². The lowest BCUT2D eigenvalue weighted by molar-refractivity contribution is -0.129. The van der Waals surface area contributed by atoms with E-state index >= 15 is 0 Å². The van der Waals surface area contributed by atoms with Crippen LogP contribution >= 0.6 is 11.3 Å². The van der Waals surface area contributed by atoms with Gasteiger partial charge in [-0.25, -0.2) is 0 Å². The molecule has 0 unspecified atom stereocenters. The van der Waals surface area contributed by atoms with Gasteiger partial charge in [-0.2, -0.15) is 0 Å². The molecule has 19 heavy (non-hydrogen) atoms. The third-order valence-corrected chi connectivity index (χ3v) is 5.84. The minimum Gasteiger partial charge on any atom is -0.329 e. The third-order valence-electron chi connectivity index (χ3n) is 4.61. The van der Waals surface area contributed by atoms with Crippen molar-refractivity contribution in [2.45, 2.75) is 52.4 Å². The van der Waals surface area contributed by atoms with Crippen LogP contribution in [0.1, 0.15) is 49.3 Å². The summed E-state index contributed by atoms with van der Waals surface area (Å²) in [5.74, 6) is 1.12. The monoisotopic (exact) mass is 279 g/mol. The molecule has 1 aliphatic rings. The summed E-state index contributed by atoms with van der Waals surface area (Å²) in [5, 5.41) is 0. The van der Waals surface area contributed by atoms with Crippen LogP contribution in [0.15, 0.2) is 12.1 Å². The van der Waals surface area contributed by atoms with Crippen molar-refractivity contribution in [2.24, 2.45) is 17.1 Å². The lowest BCUT2D eigenvalue weighted by Gasteiger charge is -2.37. The molecule has 1 aromatic heterocycles. The zero-order valence-corrected chi connectivity index (χ0v) is 12.9. The molecule has 1 heterocycles. The van der Waals surface area contributed by atoms with Gasteiger partial charge >= 0.3 is 0 Å². The molecule has 1 saturated carbocycles. The molecule has 0 saturated heterocycles. The van der Waals surface area contributed by atoms with Crippen LogP contribution < -0.4 is 5.73 Å². The Kier molecular flexibility index (Phi) is 4.80. The van der Waals surface area contributed by atoms with Gasteiger partial charge in [0.15, 0.2) is 0 Å². The van der Waals surface area contributed by atoms with E-state index in [1.165, 1.54) is 9.75 Å². The van der Waals surface area contributed by atoms with Crippen LogP contribution in [0.3, 0.4) is 0 Å². The smallest absolute Gasteiger partial charge is 0.145 e. The summed E-state index contributed by atoms with van der Waals surface area (Å²) in [6.07, 6.45) is 5.89. The highest BCUT2D eigenvalue weighted by Crippen LogP contribution is 2.39. The molecular formula is C16H25NOS. The first-order valence-electron chi connectivity index (χ1n) is 7.40. The first-order chi connectivity index (χ1) is 9.09. The Morgan fingerprint density at radius 1 is 1.37 bits per heavy atom. The Morgan fingerprint density at radius 3 is 2.53 bits per heavy atom. The van der Waals surface area contributed by atoms with Crippen LogP contribution in [0.2, 0.25) is 0 Å². The highest BCUT2D eigenvalue weighted by molar-refractivity contribution is 7.12. The van der Waals surface area contributed by atoms with Crippen LogP contribution in [-0.4, -0.2) is 12.3 Å². The van der Waals surface area contributed by atoms with E-state index < -0.39 is 0 Å². The first kappa shape index (κ1) is 14.7. The second-order valence-corrected chi connectivity index (χ2v) is 7.24. The van der Waals surface area contributed by atoms with E-state index in [1.54, 1.807) is 11.3 Å². The molecule has 2 nitrogen and oxygen atoms in total. The molecule has 0 spiro atoms. The van der Waals surface area contributed by atoms with Gasteiger partial charge in [0, 0.05) is 28.1 Å². The highest BCUT2D eigenvalue weighted by atomic mass is 32.1. The number of nitrogens with two attached hydrogens (primary N) is 1. The average molecular weight is 279 g/mol. The van der Waals surface area contributed by atoms with Crippen molar-refractivity contribution in [1.82, 2.24) is 0 Å². The molecule has 0 atom stereocenters. The zero-order chi connectivity index (χ0) is 13.9. The molecule has 0 aliphatic heterocycles. The van der Waals surface area contributed by atoms with E-state index in [1.807, 2.05) is 0 Å². The molecular weight excluding hydrogens is 254 g/mol. The minimum absolute atomic E-state index is 0.233. The molecule has 1 aromatic rings. The number of rotatable bonds is 5. The summed E-state index contributed by atoms with van der Waals surface area (Å²) in [4.78, 5) is 15.2. The fourth-order valence-corrected chi connectivity index (χ4v) is 3.92. The normalized spacial score (nSPS) is 27.4. The van der Waals surface area contributed by atoms with Gasteiger partial charge in [-0.1, -0.05) is 13.8 Å². The van der Waals surface area contributed by atoms with Gasteiger partial charge in [0.2, 0.25) is 0 Å². The summed E-state index contributed by atoms with van der Waals surface area (Å²) in [6, 6.07) is 4.25. The predicted molar refractivity (Wildman–Crippen MR) is 81.5 cm³/mol. The van der Waals surface area contributed by atoms with E-state index in [-0.39, 0.29) is 5.41 Å². The van der Waals surface area contributed by atoms with Gasteiger partial charge in [-0.05, 0) is 50.2 Å². The van der Waals surface area contributed by atoms with Gasteiger partial charge in [0.05, 0.1) is 0 Å². The summed E-state index contributed by atoms with van der Waals surface area (Å²) in [5.41, 5.74) is 5.72. The van der Waals surface area contributed by atoms with Crippen molar-refractivity contribution >= 4 is 17.1 Å². The second kappa shape index (κ2) is 6.19. The summed E-state index contributed by atoms with van der Waals surface area (Å²) >= 11 is 1.77. The molecule has 1 fully saturated rings. The van der Waals surface area contributed by atoms with E-state index in [4.69, 9.17) is 5.73 Å². The molecule has 0 bridgehead atoms. The van der Waals surface area contributed by atoms with Gasteiger partial charge < -0.3 is 5.73 Å². The van der Waals surface area contributed by atoms with Crippen LogP contribution in [0.5, 0.6) is 0 Å². The van der Waals surface area contributed by atoms with Gasteiger partial charge in [0.25, 0.3) is 0 Å². The Labute approximate surface area is 120 Å².